The van der Waals surface area contributed by atoms with Gasteiger partial charge in [0.1, 0.15) is 5.57 Å². The molecule has 116 valence electrons. The van der Waals surface area contributed by atoms with Crippen LogP contribution in [0.4, 0.5) is 10.5 Å². The maximum atomic E-state index is 12.7. The van der Waals surface area contributed by atoms with Crippen molar-refractivity contribution in [2.45, 2.75) is 13.8 Å². The number of benzene rings is 1. The van der Waals surface area contributed by atoms with E-state index < -0.39 is 17.8 Å². The van der Waals surface area contributed by atoms with Crippen LogP contribution in [-0.2, 0) is 9.59 Å². The Hall–Kier alpha value is -2.73. The first-order chi connectivity index (χ1) is 11.0. The summed E-state index contributed by atoms with van der Waals surface area (Å²) in [7, 11) is 0. The molecule has 0 spiro atoms. The number of barbiturate groups is 1. The SMILES string of the molecule is Cc1ccccc1N1C(=O)NC(=O)/C(=C/c2sccc2C)C1=O. The number of carbonyl (C=O) groups is 3. The average molecular weight is 326 g/mol. The third-order valence-corrected chi connectivity index (χ3v) is 4.60. The van der Waals surface area contributed by atoms with E-state index in [0.29, 0.717) is 5.69 Å². The molecule has 6 heteroatoms. The Morgan fingerprint density at radius 1 is 1.04 bits per heavy atom. The molecular formula is C17H14N2O3S. The predicted octanol–water partition coefficient (Wildman–Crippen LogP) is 3.03. The minimum absolute atomic E-state index is 0.0431. The molecule has 0 aliphatic carbocycles. The second-order valence-electron chi connectivity index (χ2n) is 5.21. The number of carbonyl (C=O) groups excluding carboxylic acids is 3. The minimum atomic E-state index is -0.727. The highest BCUT2D eigenvalue weighted by Gasteiger charge is 2.37. The molecular weight excluding hydrogens is 312 g/mol. The minimum Gasteiger partial charge on any atom is -0.273 e. The van der Waals surface area contributed by atoms with Crippen molar-refractivity contribution in [1.82, 2.24) is 5.32 Å². The standard InChI is InChI=1S/C17H14N2O3S/c1-10-5-3-4-6-13(10)19-16(21)12(15(20)18-17(19)22)9-14-11(2)7-8-23-14/h3-9H,1-2H3,(H,18,20,22)/b12-9-. The van der Waals surface area contributed by atoms with Crippen molar-refractivity contribution in [1.29, 1.82) is 0 Å². The Labute approximate surface area is 137 Å². The number of anilines is 1. The van der Waals surface area contributed by atoms with Crippen LogP contribution < -0.4 is 10.2 Å². The molecule has 4 amide bonds. The quantitative estimate of drug-likeness (QED) is 0.681. The summed E-state index contributed by atoms with van der Waals surface area (Å²) in [6.45, 7) is 3.71. The number of hydrogen-bond donors (Lipinski definition) is 1. The number of amides is 4. The summed E-state index contributed by atoms with van der Waals surface area (Å²) in [5, 5.41) is 4.12. The molecule has 23 heavy (non-hydrogen) atoms. The molecule has 0 atom stereocenters. The number of rotatable bonds is 2. The Morgan fingerprint density at radius 3 is 2.43 bits per heavy atom. The number of aryl methyl sites for hydroxylation is 2. The lowest BCUT2D eigenvalue weighted by atomic mass is 10.1. The number of hydrogen-bond acceptors (Lipinski definition) is 4. The van der Waals surface area contributed by atoms with Gasteiger partial charge in [-0.25, -0.2) is 9.69 Å². The van der Waals surface area contributed by atoms with Crippen molar-refractivity contribution in [2.75, 3.05) is 4.90 Å². The molecule has 1 saturated heterocycles. The molecule has 0 unspecified atom stereocenters. The van der Waals surface area contributed by atoms with Crippen LogP contribution >= 0.6 is 11.3 Å². The Kier molecular flexibility index (Phi) is 3.83. The fraction of sp³-hybridized carbons (Fsp3) is 0.118. The van der Waals surface area contributed by atoms with Gasteiger partial charge in [0.15, 0.2) is 0 Å². The van der Waals surface area contributed by atoms with Gasteiger partial charge in [0.2, 0.25) is 0 Å². The zero-order chi connectivity index (χ0) is 16.6. The molecule has 0 bridgehead atoms. The summed E-state index contributed by atoms with van der Waals surface area (Å²) >= 11 is 1.44. The Bertz CT molecular complexity index is 851. The molecule has 1 aliphatic heterocycles. The molecule has 1 aromatic carbocycles. The van der Waals surface area contributed by atoms with Gasteiger partial charge in [-0.3, -0.25) is 14.9 Å². The highest BCUT2D eigenvalue weighted by Crippen LogP contribution is 2.26. The second kappa shape index (κ2) is 5.81. The van der Waals surface area contributed by atoms with Crippen molar-refractivity contribution in [3.8, 4) is 0 Å². The van der Waals surface area contributed by atoms with E-state index in [1.165, 1.54) is 17.4 Å². The van der Waals surface area contributed by atoms with Crippen LogP contribution in [0.5, 0.6) is 0 Å². The lowest BCUT2D eigenvalue weighted by molar-refractivity contribution is -0.122. The molecule has 1 aliphatic rings. The Morgan fingerprint density at radius 2 is 1.78 bits per heavy atom. The van der Waals surface area contributed by atoms with Gasteiger partial charge in [0.25, 0.3) is 11.8 Å². The van der Waals surface area contributed by atoms with Gasteiger partial charge >= 0.3 is 6.03 Å². The number of urea groups is 1. The molecule has 0 saturated carbocycles. The van der Waals surface area contributed by atoms with Crippen LogP contribution in [0.1, 0.15) is 16.0 Å². The van der Waals surface area contributed by atoms with E-state index in [1.54, 1.807) is 25.1 Å². The third-order valence-electron chi connectivity index (χ3n) is 3.64. The van der Waals surface area contributed by atoms with Gasteiger partial charge in [-0.1, -0.05) is 18.2 Å². The van der Waals surface area contributed by atoms with E-state index >= 15 is 0 Å². The van der Waals surface area contributed by atoms with E-state index in [0.717, 1.165) is 20.9 Å². The number of nitrogens with one attached hydrogen (secondary N) is 1. The summed E-state index contributed by atoms with van der Waals surface area (Å²) in [6.07, 6.45) is 1.54. The van der Waals surface area contributed by atoms with Crippen molar-refractivity contribution in [3.05, 3.63) is 57.3 Å². The topological polar surface area (TPSA) is 66.5 Å². The fourth-order valence-electron chi connectivity index (χ4n) is 2.35. The van der Waals surface area contributed by atoms with Gasteiger partial charge in [-0.2, -0.15) is 0 Å². The summed E-state index contributed by atoms with van der Waals surface area (Å²) in [6, 6.07) is 8.23. The van der Waals surface area contributed by atoms with Crippen LogP contribution in [0.2, 0.25) is 0 Å². The molecule has 3 rings (SSSR count). The maximum Gasteiger partial charge on any atom is 0.335 e. The zero-order valence-electron chi connectivity index (χ0n) is 12.6. The summed E-state index contributed by atoms with van der Waals surface area (Å²) < 4.78 is 0. The second-order valence-corrected chi connectivity index (χ2v) is 6.16. The molecule has 2 heterocycles. The summed E-state index contributed by atoms with van der Waals surface area (Å²) in [4.78, 5) is 38.7. The van der Waals surface area contributed by atoms with Crippen LogP contribution in [0, 0.1) is 13.8 Å². The zero-order valence-corrected chi connectivity index (χ0v) is 13.4. The van der Waals surface area contributed by atoms with Crippen LogP contribution in [0.15, 0.2) is 41.3 Å². The molecule has 5 nitrogen and oxygen atoms in total. The normalized spacial score (nSPS) is 16.9. The van der Waals surface area contributed by atoms with Crippen molar-refractivity contribution in [2.24, 2.45) is 0 Å². The Balaban J connectivity index is 2.07. The third kappa shape index (κ3) is 2.68. The van der Waals surface area contributed by atoms with E-state index in [-0.39, 0.29) is 5.57 Å². The lowest BCUT2D eigenvalue weighted by Gasteiger charge is -2.27. The van der Waals surface area contributed by atoms with Gasteiger partial charge in [-0.05, 0) is 48.6 Å². The van der Waals surface area contributed by atoms with Crippen molar-refractivity contribution < 1.29 is 14.4 Å². The average Bonchev–Trinajstić information content (AvgIpc) is 2.90. The lowest BCUT2D eigenvalue weighted by Crippen LogP contribution is -2.54. The van der Waals surface area contributed by atoms with Gasteiger partial charge in [0.05, 0.1) is 5.69 Å². The van der Waals surface area contributed by atoms with Crippen molar-refractivity contribution in [3.63, 3.8) is 0 Å². The fourth-order valence-corrected chi connectivity index (χ4v) is 3.21. The number of nitrogens with zero attached hydrogens (tertiary/aromatic N) is 1. The van der Waals surface area contributed by atoms with Gasteiger partial charge in [0, 0.05) is 4.88 Å². The first kappa shape index (κ1) is 15.2. The van der Waals surface area contributed by atoms with E-state index in [4.69, 9.17) is 0 Å². The highest BCUT2D eigenvalue weighted by molar-refractivity contribution is 7.11. The highest BCUT2D eigenvalue weighted by atomic mass is 32.1. The summed E-state index contributed by atoms with van der Waals surface area (Å²) in [5.41, 5.74) is 2.18. The first-order valence-corrected chi connectivity index (χ1v) is 7.88. The van der Waals surface area contributed by atoms with E-state index in [1.807, 2.05) is 24.4 Å². The number of thiophene rings is 1. The smallest absolute Gasteiger partial charge is 0.273 e. The molecule has 0 radical (unpaired) electrons. The predicted molar refractivity (Wildman–Crippen MR) is 89.2 cm³/mol. The largest absolute Gasteiger partial charge is 0.335 e. The summed E-state index contributed by atoms with van der Waals surface area (Å²) in [5.74, 6) is -1.28. The van der Waals surface area contributed by atoms with Gasteiger partial charge < -0.3 is 0 Å². The van der Waals surface area contributed by atoms with Crippen LogP contribution in [0.3, 0.4) is 0 Å². The first-order valence-electron chi connectivity index (χ1n) is 7.00. The molecule has 1 aromatic heterocycles. The number of imide groups is 2. The van der Waals surface area contributed by atoms with Crippen LogP contribution in [0.25, 0.3) is 6.08 Å². The van der Waals surface area contributed by atoms with Crippen molar-refractivity contribution >= 4 is 40.9 Å². The molecule has 1 fully saturated rings. The van der Waals surface area contributed by atoms with E-state index in [9.17, 15) is 14.4 Å². The molecule has 2 aromatic rings. The molecule has 1 N–H and O–H groups in total. The number of para-hydroxylation sites is 1. The van der Waals surface area contributed by atoms with Crippen LogP contribution in [-0.4, -0.2) is 17.8 Å². The van der Waals surface area contributed by atoms with E-state index in [2.05, 4.69) is 5.32 Å². The monoisotopic (exact) mass is 326 g/mol. The van der Waals surface area contributed by atoms with Gasteiger partial charge in [-0.15, -0.1) is 11.3 Å². The maximum absolute atomic E-state index is 12.7.